The lowest BCUT2D eigenvalue weighted by atomic mass is 9.84. The van der Waals surface area contributed by atoms with E-state index in [4.69, 9.17) is 0 Å². The quantitative estimate of drug-likeness (QED) is 0.848. The predicted molar refractivity (Wildman–Crippen MR) is 104 cm³/mol. The lowest BCUT2D eigenvalue weighted by molar-refractivity contribution is -0.0304. The molecule has 28 heavy (non-hydrogen) atoms. The topological polar surface area (TPSA) is 58.4 Å². The fourth-order valence-corrected chi connectivity index (χ4v) is 4.81. The average Bonchev–Trinajstić information content (AvgIpc) is 3.11. The van der Waals surface area contributed by atoms with Crippen LogP contribution in [0.2, 0.25) is 0 Å². The highest BCUT2D eigenvalue weighted by Crippen LogP contribution is 2.36. The molecular weight excluding hydrogens is 364 g/mol. The Labute approximate surface area is 163 Å². The average molecular weight is 391 g/mol. The SMILES string of the molecule is O=c1c2ccccc2nc(C2CCCN2CC2(O)CCCCC2)n1CC(F)F. The van der Waals surface area contributed by atoms with Crippen LogP contribution in [0.15, 0.2) is 29.1 Å². The molecule has 0 radical (unpaired) electrons. The first-order valence-electron chi connectivity index (χ1n) is 10.2. The molecule has 1 aliphatic carbocycles. The van der Waals surface area contributed by atoms with Gasteiger partial charge in [0.2, 0.25) is 0 Å². The summed E-state index contributed by atoms with van der Waals surface area (Å²) in [5, 5.41) is 11.4. The number of alkyl halides is 2. The third kappa shape index (κ3) is 3.82. The van der Waals surface area contributed by atoms with Gasteiger partial charge in [-0.15, -0.1) is 0 Å². The van der Waals surface area contributed by atoms with Gasteiger partial charge >= 0.3 is 0 Å². The van der Waals surface area contributed by atoms with Gasteiger partial charge in [-0.1, -0.05) is 31.4 Å². The maximum Gasteiger partial charge on any atom is 0.261 e. The van der Waals surface area contributed by atoms with Crippen LogP contribution >= 0.6 is 0 Å². The van der Waals surface area contributed by atoms with E-state index in [2.05, 4.69) is 9.88 Å². The number of rotatable bonds is 5. The van der Waals surface area contributed by atoms with Crippen molar-refractivity contribution in [1.82, 2.24) is 14.5 Å². The van der Waals surface area contributed by atoms with Crippen molar-refractivity contribution >= 4 is 10.9 Å². The summed E-state index contributed by atoms with van der Waals surface area (Å²) in [4.78, 5) is 19.7. The molecule has 0 spiro atoms. The second-order valence-corrected chi connectivity index (χ2v) is 8.21. The van der Waals surface area contributed by atoms with Gasteiger partial charge in [0, 0.05) is 6.54 Å². The summed E-state index contributed by atoms with van der Waals surface area (Å²) in [6.07, 6.45) is 3.74. The summed E-state index contributed by atoms with van der Waals surface area (Å²) in [5.41, 5.74) is -0.605. The largest absolute Gasteiger partial charge is 0.389 e. The van der Waals surface area contributed by atoms with Crippen LogP contribution in [0.3, 0.4) is 0 Å². The number of benzene rings is 1. The Morgan fingerprint density at radius 3 is 2.68 bits per heavy atom. The molecular formula is C21H27F2N3O2. The van der Waals surface area contributed by atoms with E-state index in [0.717, 1.165) is 56.1 Å². The van der Waals surface area contributed by atoms with E-state index in [0.29, 0.717) is 23.3 Å². The number of hydrogen-bond donors (Lipinski definition) is 1. The van der Waals surface area contributed by atoms with Gasteiger partial charge in [0.15, 0.2) is 0 Å². The molecule has 2 heterocycles. The number of aliphatic hydroxyl groups is 1. The lowest BCUT2D eigenvalue weighted by Gasteiger charge is -2.38. The van der Waals surface area contributed by atoms with Crippen molar-refractivity contribution in [3.05, 3.63) is 40.4 Å². The molecule has 1 saturated heterocycles. The maximum absolute atomic E-state index is 13.3. The Bertz CT molecular complexity index is 893. The van der Waals surface area contributed by atoms with Gasteiger partial charge in [0.05, 0.1) is 29.1 Å². The lowest BCUT2D eigenvalue weighted by Crippen LogP contribution is -2.45. The molecule has 2 aromatic rings. The van der Waals surface area contributed by atoms with Crippen LogP contribution in [-0.2, 0) is 6.54 Å². The second kappa shape index (κ2) is 7.87. The maximum atomic E-state index is 13.3. The summed E-state index contributed by atoms with van der Waals surface area (Å²) >= 11 is 0. The number of para-hydroxylation sites is 1. The Hall–Kier alpha value is -1.86. The van der Waals surface area contributed by atoms with Crippen molar-refractivity contribution in [2.24, 2.45) is 0 Å². The van der Waals surface area contributed by atoms with Gasteiger partial charge in [-0.05, 0) is 44.4 Å². The normalized spacial score (nSPS) is 22.9. The van der Waals surface area contributed by atoms with E-state index in [1.807, 2.05) is 0 Å². The van der Waals surface area contributed by atoms with Gasteiger partial charge in [-0.25, -0.2) is 13.8 Å². The van der Waals surface area contributed by atoms with Gasteiger partial charge < -0.3 is 5.11 Å². The van der Waals surface area contributed by atoms with Crippen molar-refractivity contribution in [3.8, 4) is 0 Å². The zero-order valence-electron chi connectivity index (χ0n) is 16.0. The molecule has 1 saturated carbocycles. The molecule has 152 valence electrons. The zero-order valence-corrected chi connectivity index (χ0v) is 16.0. The van der Waals surface area contributed by atoms with Crippen molar-refractivity contribution in [3.63, 3.8) is 0 Å². The number of aromatic nitrogens is 2. The van der Waals surface area contributed by atoms with E-state index in [1.54, 1.807) is 24.3 Å². The van der Waals surface area contributed by atoms with Gasteiger partial charge in [-0.3, -0.25) is 14.3 Å². The highest BCUT2D eigenvalue weighted by molar-refractivity contribution is 5.77. The third-order valence-electron chi connectivity index (χ3n) is 6.16. The fourth-order valence-electron chi connectivity index (χ4n) is 4.81. The Morgan fingerprint density at radius 2 is 1.93 bits per heavy atom. The van der Waals surface area contributed by atoms with Crippen LogP contribution in [0.5, 0.6) is 0 Å². The summed E-state index contributed by atoms with van der Waals surface area (Å²) in [6.45, 7) is 0.639. The Balaban J connectivity index is 1.72. The number of fused-ring (bicyclic) bond motifs is 1. The molecule has 1 N–H and O–H groups in total. The van der Waals surface area contributed by atoms with Crippen LogP contribution in [0.1, 0.15) is 56.8 Å². The predicted octanol–water partition coefficient (Wildman–Crippen LogP) is 3.49. The number of β-amino-alcohol motifs (C(OH)–C–C–N with tert-alkyl or cyclic N) is 1. The summed E-state index contributed by atoms with van der Waals surface area (Å²) in [7, 11) is 0. The minimum atomic E-state index is -2.63. The molecule has 4 rings (SSSR count). The van der Waals surface area contributed by atoms with Crippen LogP contribution in [0, 0.1) is 0 Å². The van der Waals surface area contributed by atoms with Crippen molar-refractivity contribution in [2.45, 2.75) is 69.6 Å². The smallest absolute Gasteiger partial charge is 0.261 e. The van der Waals surface area contributed by atoms with E-state index >= 15 is 0 Å². The molecule has 1 aromatic carbocycles. The summed E-state index contributed by atoms with van der Waals surface area (Å²) < 4.78 is 27.7. The summed E-state index contributed by atoms with van der Waals surface area (Å²) in [6, 6.07) is 6.68. The monoisotopic (exact) mass is 391 g/mol. The molecule has 0 amide bonds. The molecule has 0 bridgehead atoms. The summed E-state index contributed by atoms with van der Waals surface area (Å²) in [5.74, 6) is 0.404. The minimum absolute atomic E-state index is 0.220. The number of likely N-dealkylation sites (tertiary alicyclic amines) is 1. The zero-order chi connectivity index (χ0) is 19.7. The number of hydrogen-bond acceptors (Lipinski definition) is 4. The van der Waals surface area contributed by atoms with E-state index in [9.17, 15) is 18.7 Å². The van der Waals surface area contributed by atoms with Crippen LogP contribution in [0.4, 0.5) is 8.78 Å². The van der Waals surface area contributed by atoms with Crippen LogP contribution in [-0.4, -0.2) is 44.7 Å². The van der Waals surface area contributed by atoms with Crippen LogP contribution < -0.4 is 5.56 Å². The van der Waals surface area contributed by atoms with E-state index in [1.165, 1.54) is 0 Å². The molecule has 2 fully saturated rings. The molecule has 1 aliphatic heterocycles. The standard InChI is InChI=1S/C21H27F2N3O2/c22-18(23)13-26-19(24-16-8-3-2-7-15(16)20(26)27)17-9-6-12-25(17)14-21(28)10-4-1-5-11-21/h2-3,7-8,17-18,28H,1,4-6,9-14H2. The molecule has 2 aliphatic rings. The van der Waals surface area contributed by atoms with Gasteiger partial charge in [-0.2, -0.15) is 0 Å². The van der Waals surface area contributed by atoms with Crippen molar-refractivity contribution in [2.75, 3.05) is 13.1 Å². The Morgan fingerprint density at radius 1 is 1.18 bits per heavy atom. The van der Waals surface area contributed by atoms with Crippen molar-refractivity contribution < 1.29 is 13.9 Å². The number of halogens is 2. The van der Waals surface area contributed by atoms with Crippen LogP contribution in [0.25, 0.3) is 10.9 Å². The van der Waals surface area contributed by atoms with Gasteiger partial charge in [0.1, 0.15) is 5.82 Å². The number of nitrogens with zero attached hydrogens (tertiary/aromatic N) is 3. The van der Waals surface area contributed by atoms with E-state index < -0.39 is 24.1 Å². The van der Waals surface area contributed by atoms with Crippen molar-refractivity contribution in [1.29, 1.82) is 0 Å². The molecule has 5 nitrogen and oxygen atoms in total. The molecule has 1 atom stereocenters. The third-order valence-corrected chi connectivity index (χ3v) is 6.16. The van der Waals surface area contributed by atoms with Gasteiger partial charge in [0.25, 0.3) is 12.0 Å². The second-order valence-electron chi connectivity index (χ2n) is 8.21. The first-order chi connectivity index (χ1) is 13.5. The van der Waals surface area contributed by atoms with E-state index in [-0.39, 0.29) is 6.04 Å². The highest BCUT2D eigenvalue weighted by atomic mass is 19.3. The molecule has 1 unspecified atom stereocenters. The Kier molecular flexibility index (Phi) is 5.47. The minimum Gasteiger partial charge on any atom is -0.389 e. The molecule has 7 heteroatoms. The molecule has 1 aromatic heterocycles. The first kappa shape index (κ1) is 19.5. The highest BCUT2D eigenvalue weighted by Gasteiger charge is 2.38. The fraction of sp³-hybridized carbons (Fsp3) is 0.619. The first-order valence-corrected chi connectivity index (χ1v) is 10.2.